The van der Waals surface area contributed by atoms with Gasteiger partial charge in [-0.3, -0.25) is 14.7 Å². The molecule has 1 amide bonds. The minimum absolute atomic E-state index is 0.165. The van der Waals surface area contributed by atoms with Crippen LogP contribution in [-0.4, -0.2) is 42.3 Å². The smallest absolute Gasteiger partial charge is 0.229 e. The van der Waals surface area contributed by atoms with E-state index in [-0.39, 0.29) is 25.0 Å². The molecule has 3 aromatic rings. The van der Waals surface area contributed by atoms with Crippen LogP contribution in [0.25, 0.3) is 16.7 Å². The second-order valence-corrected chi connectivity index (χ2v) is 5.80. The van der Waals surface area contributed by atoms with Crippen molar-refractivity contribution in [1.29, 1.82) is 0 Å². The summed E-state index contributed by atoms with van der Waals surface area (Å²) in [6.07, 6.45) is -0.160. The zero-order valence-electron chi connectivity index (χ0n) is 14.8. The normalized spacial score (nSPS) is 12.1. The third-order valence-corrected chi connectivity index (χ3v) is 4.15. The average Bonchev–Trinajstić information content (AvgIpc) is 3.03. The highest BCUT2D eigenvalue weighted by Gasteiger charge is 2.17. The maximum Gasteiger partial charge on any atom is 0.229 e. The molecule has 0 fully saturated rings. The first kappa shape index (κ1) is 17.9. The fourth-order valence-electron chi connectivity index (χ4n) is 2.75. The van der Waals surface area contributed by atoms with Crippen molar-refractivity contribution in [2.45, 2.75) is 12.5 Å². The van der Waals surface area contributed by atoms with E-state index in [4.69, 9.17) is 15.2 Å². The SMILES string of the molecule is COc1ccc(-n2c(NC(=O)CC(CN)OC)nc3ccccc32)cc1. The second kappa shape index (κ2) is 7.99. The molecule has 0 bridgehead atoms. The molecule has 26 heavy (non-hydrogen) atoms. The van der Waals surface area contributed by atoms with Crippen LogP contribution in [0.3, 0.4) is 0 Å². The number of hydrogen-bond donors (Lipinski definition) is 2. The molecule has 0 radical (unpaired) electrons. The van der Waals surface area contributed by atoms with Gasteiger partial charge in [-0.25, -0.2) is 4.98 Å². The van der Waals surface area contributed by atoms with Crippen molar-refractivity contribution < 1.29 is 14.3 Å². The summed E-state index contributed by atoms with van der Waals surface area (Å²) in [5.74, 6) is 1.01. The molecule has 1 heterocycles. The van der Waals surface area contributed by atoms with Crippen LogP contribution in [-0.2, 0) is 9.53 Å². The Balaban J connectivity index is 1.97. The largest absolute Gasteiger partial charge is 0.497 e. The number of carbonyl (C=O) groups excluding carboxylic acids is 1. The minimum Gasteiger partial charge on any atom is -0.497 e. The van der Waals surface area contributed by atoms with Crippen molar-refractivity contribution >= 4 is 22.9 Å². The van der Waals surface area contributed by atoms with E-state index in [1.54, 1.807) is 7.11 Å². The van der Waals surface area contributed by atoms with Gasteiger partial charge in [0.15, 0.2) is 0 Å². The van der Waals surface area contributed by atoms with Crippen molar-refractivity contribution in [3.8, 4) is 11.4 Å². The number of para-hydroxylation sites is 2. The summed E-state index contributed by atoms with van der Waals surface area (Å²) in [5, 5.41) is 2.87. The van der Waals surface area contributed by atoms with E-state index in [2.05, 4.69) is 10.3 Å². The van der Waals surface area contributed by atoms with Crippen molar-refractivity contribution in [3.63, 3.8) is 0 Å². The van der Waals surface area contributed by atoms with Gasteiger partial charge in [0.2, 0.25) is 11.9 Å². The van der Waals surface area contributed by atoms with Crippen LogP contribution in [0.4, 0.5) is 5.95 Å². The molecule has 0 aliphatic heterocycles. The fourth-order valence-corrected chi connectivity index (χ4v) is 2.75. The number of amides is 1. The Bertz CT molecular complexity index is 885. The fraction of sp³-hybridized carbons (Fsp3) is 0.263. The van der Waals surface area contributed by atoms with Crippen LogP contribution in [0.15, 0.2) is 48.5 Å². The third-order valence-electron chi connectivity index (χ3n) is 4.15. The molecule has 7 heteroatoms. The third kappa shape index (κ3) is 3.68. The summed E-state index contributed by atoms with van der Waals surface area (Å²) in [4.78, 5) is 16.9. The average molecular weight is 354 g/mol. The van der Waals surface area contributed by atoms with Crippen LogP contribution in [0, 0.1) is 0 Å². The van der Waals surface area contributed by atoms with Gasteiger partial charge in [-0.2, -0.15) is 0 Å². The lowest BCUT2D eigenvalue weighted by Gasteiger charge is -2.14. The molecule has 1 atom stereocenters. The Morgan fingerprint density at radius 3 is 2.58 bits per heavy atom. The summed E-state index contributed by atoms with van der Waals surface area (Å²) >= 11 is 0. The molecule has 0 saturated carbocycles. The number of imidazole rings is 1. The lowest BCUT2D eigenvalue weighted by atomic mass is 10.2. The van der Waals surface area contributed by atoms with E-state index in [0.717, 1.165) is 22.5 Å². The van der Waals surface area contributed by atoms with Crippen molar-refractivity contribution in [1.82, 2.24) is 9.55 Å². The van der Waals surface area contributed by atoms with E-state index < -0.39 is 0 Å². The zero-order valence-corrected chi connectivity index (χ0v) is 14.8. The number of benzene rings is 2. The number of methoxy groups -OCH3 is 2. The first-order chi connectivity index (χ1) is 12.7. The number of hydrogen-bond acceptors (Lipinski definition) is 5. The molecule has 0 aliphatic rings. The number of nitrogens with one attached hydrogen (secondary N) is 1. The molecular formula is C19H22N4O3. The summed E-state index contributed by atoms with van der Waals surface area (Å²) in [6, 6.07) is 15.3. The Morgan fingerprint density at radius 1 is 1.19 bits per heavy atom. The molecule has 1 aromatic heterocycles. The van der Waals surface area contributed by atoms with E-state index in [1.807, 2.05) is 53.1 Å². The van der Waals surface area contributed by atoms with Gasteiger partial charge in [0.25, 0.3) is 0 Å². The Labute approximate surface area is 151 Å². The maximum absolute atomic E-state index is 12.4. The van der Waals surface area contributed by atoms with Crippen LogP contribution >= 0.6 is 0 Å². The highest BCUT2D eigenvalue weighted by molar-refractivity contribution is 5.92. The predicted octanol–water partition coefficient (Wildman–Crippen LogP) is 2.34. The lowest BCUT2D eigenvalue weighted by Crippen LogP contribution is -2.28. The Morgan fingerprint density at radius 2 is 1.92 bits per heavy atom. The topological polar surface area (TPSA) is 91.4 Å². The lowest BCUT2D eigenvalue weighted by molar-refractivity contribution is -0.118. The van der Waals surface area contributed by atoms with Gasteiger partial charge < -0.3 is 15.2 Å². The molecule has 0 saturated heterocycles. The van der Waals surface area contributed by atoms with Gasteiger partial charge in [0.1, 0.15) is 5.75 Å². The zero-order chi connectivity index (χ0) is 18.5. The summed E-state index contributed by atoms with van der Waals surface area (Å²) in [5.41, 5.74) is 8.16. The molecule has 136 valence electrons. The van der Waals surface area contributed by atoms with Crippen LogP contribution in [0.5, 0.6) is 5.75 Å². The molecule has 7 nitrogen and oxygen atoms in total. The van der Waals surface area contributed by atoms with Gasteiger partial charge in [0, 0.05) is 19.3 Å². The molecule has 1 unspecified atom stereocenters. The van der Waals surface area contributed by atoms with Gasteiger partial charge in [-0.15, -0.1) is 0 Å². The summed E-state index contributed by atoms with van der Waals surface area (Å²) in [6.45, 7) is 0.277. The van der Waals surface area contributed by atoms with Gasteiger partial charge in [0.05, 0.1) is 30.7 Å². The predicted molar refractivity (Wildman–Crippen MR) is 101 cm³/mol. The number of aromatic nitrogens is 2. The van der Waals surface area contributed by atoms with E-state index in [0.29, 0.717) is 5.95 Å². The summed E-state index contributed by atoms with van der Waals surface area (Å²) < 4.78 is 12.3. The number of fused-ring (bicyclic) bond motifs is 1. The maximum atomic E-state index is 12.4. The van der Waals surface area contributed by atoms with Crippen molar-refractivity contribution in [3.05, 3.63) is 48.5 Å². The van der Waals surface area contributed by atoms with Gasteiger partial charge >= 0.3 is 0 Å². The van der Waals surface area contributed by atoms with Crippen molar-refractivity contribution in [2.75, 3.05) is 26.1 Å². The van der Waals surface area contributed by atoms with Crippen LogP contribution in [0.2, 0.25) is 0 Å². The minimum atomic E-state index is -0.325. The van der Waals surface area contributed by atoms with Crippen LogP contribution in [0.1, 0.15) is 6.42 Å². The van der Waals surface area contributed by atoms with E-state index >= 15 is 0 Å². The van der Waals surface area contributed by atoms with Gasteiger partial charge in [-0.1, -0.05) is 12.1 Å². The molecule has 2 aromatic carbocycles. The number of anilines is 1. The van der Waals surface area contributed by atoms with Crippen LogP contribution < -0.4 is 15.8 Å². The standard InChI is InChI=1S/C19H22N4O3/c1-25-14-9-7-13(8-10-14)23-17-6-4-3-5-16(17)21-19(23)22-18(24)11-15(12-20)26-2/h3-10,15H,11-12,20H2,1-2H3,(H,21,22,24). The Kier molecular flexibility index (Phi) is 5.50. The highest BCUT2D eigenvalue weighted by Crippen LogP contribution is 2.26. The van der Waals surface area contributed by atoms with Gasteiger partial charge in [-0.05, 0) is 36.4 Å². The number of carbonyl (C=O) groups is 1. The molecular weight excluding hydrogens is 332 g/mol. The molecule has 3 rings (SSSR count). The monoisotopic (exact) mass is 354 g/mol. The number of nitrogens with two attached hydrogens (primary N) is 1. The molecule has 0 spiro atoms. The molecule has 0 aliphatic carbocycles. The second-order valence-electron chi connectivity index (χ2n) is 5.80. The Hall–Kier alpha value is -2.90. The number of ether oxygens (including phenoxy) is 2. The van der Waals surface area contributed by atoms with Crippen molar-refractivity contribution in [2.24, 2.45) is 5.73 Å². The summed E-state index contributed by atoms with van der Waals surface area (Å²) in [7, 11) is 3.16. The first-order valence-corrected chi connectivity index (χ1v) is 8.31. The van der Waals surface area contributed by atoms with E-state index in [9.17, 15) is 4.79 Å². The highest BCUT2D eigenvalue weighted by atomic mass is 16.5. The molecule has 3 N–H and O–H groups in total. The number of rotatable bonds is 7. The quantitative estimate of drug-likeness (QED) is 0.679. The first-order valence-electron chi connectivity index (χ1n) is 8.31. The van der Waals surface area contributed by atoms with E-state index in [1.165, 1.54) is 7.11 Å². The number of nitrogens with zero attached hydrogens (tertiary/aromatic N) is 2.